The Morgan fingerprint density at radius 1 is 0.737 bits per heavy atom. The van der Waals surface area contributed by atoms with E-state index in [1.807, 2.05) is 30.5 Å². The van der Waals surface area contributed by atoms with Crippen LogP contribution in [0, 0.1) is 6.92 Å². The fraction of sp³-hybridized carbons (Fsp3) is 0.0625. The van der Waals surface area contributed by atoms with Crippen LogP contribution in [0.15, 0.2) is 61.3 Å². The van der Waals surface area contributed by atoms with E-state index < -0.39 is 0 Å². The molecule has 3 rings (SSSR count). The minimum absolute atomic E-state index is 1.00. The van der Waals surface area contributed by atoms with Crippen LogP contribution in [0.3, 0.4) is 0 Å². The van der Waals surface area contributed by atoms with Crippen LogP contribution in [0.4, 0.5) is 0 Å². The second-order valence-corrected chi connectivity index (χ2v) is 4.36. The lowest BCUT2D eigenvalue weighted by Crippen LogP contribution is -1.90. The van der Waals surface area contributed by atoms with Crippen LogP contribution in [-0.2, 0) is 0 Å². The summed E-state index contributed by atoms with van der Waals surface area (Å²) in [5.74, 6) is 0. The summed E-state index contributed by atoms with van der Waals surface area (Å²) in [6, 6.07) is 10.1. The maximum absolute atomic E-state index is 4.58. The molecule has 0 saturated heterocycles. The van der Waals surface area contributed by atoms with Gasteiger partial charge in [-0.15, -0.1) is 0 Å². The van der Waals surface area contributed by atoms with Gasteiger partial charge in [-0.2, -0.15) is 0 Å². The first-order valence-electron chi connectivity index (χ1n) is 6.12. The molecule has 0 unspecified atom stereocenters. The summed E-state index contributed by atoms with van der Waals surface area (Å²) in [6.07, 6.45) is 9.06. The molecule has 3 heterocycles. The van der Waals surface area contributed by atoms with Crippen LogP contribution >= 0.6 is 0 Å². The van der Waals surface area contributed by atoms with Crippen molar-refractivity contribution in [1.82, 2.24) is 15.0 Å². The van der Waals surface area contributed by atoms with Gasteiger partial charge in [0.25, 0.3) is 0 Å². The Morgan fingerprint density at radius 2 is 1.32 bits per heavy atom. The third kappa shape index (κ3) is 2.36. The van der Waals surface area contributed by atoms with Crippen molar-refractivity contribution in [2.75, 3.05) is 0 Å². The van der Waals surface area contributed by atoms with Crippen molar-refractivity contribution in [3.05, 3.63) is 66.9 Å². The first-order chi connectivity index (χ1) is 9.34. The summed E-state index contributed by atoms with van der Waals surface area (Å²) in [5.41, 5.74) is 5.49. The third-order valence-electron chi connectivity index (χ3n) is 3.05. The van der Waals surface area contributed by atoms with Gasteiger partial charge in [0.05, 0.1) is 5.69 Å². The zero-order chi connectivity index (χ0) is 13.1. The Bertz CT molecular complexity index is 679. The van der Waals surface area contributed by atoms with Crippen LogP contribution < -0.4 is 0 Å². The molecule has 0 amide bonds. The molecule has 0 bridgehead atoms. The molecule has 3 aromatic heterocycles. The van der Waals surface area contributed by atoms with E-state index in [0.717, 1.165) is 27.9 Å². The molecule has 3 heteroatoms. The van der Waals surface area contributed by atoms with Gasteiger partial charge in [-0.25, -0.2) is 0 Å². The minimum Gasteiger partial charge on any atom is -0.265 e. The van der Waals surface area contributed by atoms with E-state index in [1.165, 1.54) is 0 Å². The molecule has 0 N–H and O–H groups in total. The lowest BCUT2D eigenvalue weighted by atomic mass is 10.0. The van der Waals surface area contributed by atoms with E-state index in [1.54, 1.807) is 24.8 Å². The maximum Gasteiger partial charge on any atom is 0.0732 e. The predicted molar refractivity (Wildman–Crippen MR) is 75.4 cm³/mol. The molecule has 0 atom stereocenters. The predicted octanol–water partition coefficient (Wildman–Crippen LogP) is 3.51. The SMILES string of the molecule is Cc1cc(-c2ccncc2)cnc1-c1ccncc1. The third-order valence-corrected chi connectivity index (χ3v) is 3.05. The van der Waals surface area contributed by atoms with Gasteiger partial charge in [0.15, 0.2) is 0 Å². The molecule has 0 saturated carbocycles. The Kier molecular flexibility index (Phi) is 3.02. The molecule has 0 spiro atoms. The topological polar surface area (TPSA) is 38.7 Å². The molecule has 3 nitrogen and oxygen atoms in total. The Hall–Kier alpha value is -2.55. The first-order valence-corrected chi connectivity index (χ1v) is 6.12. The van der Waals surface area contributed by atoms with Crippen molar-refractivity contribution in [3.8, 4) is 22.4 Å². The normalized spacial score (nSPS) is 10.4. The maximum atomic E-state index is 4.58. The van der Waals surface area contributed by atoms with E-state index in [2.05, 4.69) is 27.9 Å². The summed E-state index contributed by atoms with van der Waals surface area (Å²) in [6.45, 7) is 2.08. The fourth-order valence-corrected chi connectivity index (χ4v) is 2.09. The molecule has 0 aliphatic heterocycles. The number of hydrogen-bond donors (Lipinski definition) is 0. The van der Waals surface area contributed by atoms with Gasteiger partial charge in [0, 0.05) is 42.1 Å². The van der Waals surface area contributed by atoms with Gasteiger partial charge in [-0.3, -0.25) is 15.0 Å². The van der Waals surface area contributed by atoms with Crippen molar-refractivity contribution in [2.24, 2.45) is 0 Å². The van der Waals surface area contributed by atoms with Crippen LogP contribution in [0.25, 0.3) is 22.4 Å². The van der Waals surface area contributed by atoms with Gasteiger partial charge < -0.3 is 0 Å². The van der Waals surface area contributed by atoms with E-state index in [0.29, 0.717) is 0 Å². The fourth-order valence-electron chi connectivity index (χ4n) is 2.09. The number of nitrogens with zero attached hydrogens (tertiary/aromatic N) is 3. The van der Waals surface area contributed by atoms with E-state index >= 15 is 0 Å². The highest BCUT2D eigenvalue weighted by molar-refractivity contribution is 5.69. The molecule has 0 fully saturated rings. The Labute approximate surface area is 112 Å². The van der Waals surface area contributed by atoms with Gasteiger partial charge in [-0.05, 0) is 48.4 Å². The van der Waals surface area contributed by atoms with Crippen molar-refractivity contribution < 1.29 is 0 Å². The minimum atomic E-state index is 1.00. The van der Waals surface area contributed by atoms with Gasteiger partial charge in [-0.1, -0.05) is 0 Å². The molecule has 0 radical (unpaired) electrons. The number of hydrogen-bond acceptors (Lipinski definition) is 3. The molecular weight excluding hydrogens is 234 g/mol. The highest BCUT2D eigenvalue weighted by atomic mass is 14.7. The quantitative estimate of drug-likeness (QED) is 0.695. The lowest BCUT2D eigenvalue weighted by Gasteiger charge is -2.07. The van der Waals surface area contributed by atoms with Crippen molar-refractivity contribution in [1.29, 1.82) is 0 Å². The molecular formula is C16H13N3. The summed E-state index contributed by atoms with van der Waals surface area (Å²) in [5, 5.41) is 0. The van der Waals surface area contributed by atoms with Gasteiger partial charge in [0.2, 0.25) is 0 Å². The highest BCUT2D eigenvalue weighted by Gasteiger charge is 2.05. The van der Waals surface area contributed by atoms with E-state index in [4.69, 9.17) is 0 Å². The Morgan fingerprint density at radius 3 is 1.89 bits per heavy atom. The van der Waals surface area contributed by atoms with E-state index in [-0.39, 0.29) is 0 Å². The van der Waals surface area contributed by atoms with Crippen LogP contribution in [0.2, 0.25) is 0 Å². The van der Waals surface area contributed by atoms with Crippen molar-refractivity contribution >= 4 is 0 Å². The largest absolute Gasteiger partial charge is 0.265 e. The molecule has 0 aliphatic rings. The van der Waals surface area contributed by atoms with Crippen LogP contribution in [-0.4, -0.2) is 15.0 Å². The lowest BCUT2D eigenvalue weighted by molar-refractivity contribution is 1.25. The average Bonchev–Trinajstić information content (AvgIpc) is 2.49. The Balaban J connectivity index is 2.04. The molecule has 0 aliphatic carbocycles. The number of aryl methyl sites for hydroxylation is 1. The van der Waals surface area contributed by atoms with Crippen molar-refractivity contribution in [3.63, 3.8) is 0 Å². The zero-order valence-electron chi connectivity index (χ0n) is 10.6. The average molecular weight is 247 g/mol. The summed E-state index contributed by atoms with van der Waals surface area (Å²) in [4.78, 5) is 12.6. The molecule has 0 aromatic carbocycles. The monoisotopic (exact) mass is 247 g/mol. The number of aromatic nitrogens is 3. The number of rotatable bonds is 2. The van der Waals surface area contributed by atoms with Gasteiger partial charge >= 0.3 is 0 Å². The van der Waals surface area contributed by atoms with Crippen LogP contribution in [0.1, 0.15) is 5.56 Å². The van der Waals surface area contributed by atoms with Crippen molar-refractivity contribution in [2.45, 2.75) is 6.92 Å². The van der Waals surface area contributed by atoms with E-state index in [9.17, 15) is 0 Å². The highest BCUT2D eigenvalue weighted by Crippen LogP contribution is 2.25. The second-order valence-electron chi connectivity index (χ2n) is 4.36. The molecule has 92 valence electrons. The second kappa shape index (κ2) is 4.98. The standard InChI is InChI=1S/C16H13N3/c1-12-10-15(13-2-6-17-7-3-13)11-19-16(12)14-4-8-18-9-5-14/h2-11H,1H3. The zero-order valence-corrected chi connectivity index (χ0v) is 10.6. The smallest absolute Gasteiger partial charge is 0.0732 e. The molecule has 3 aromatic rings. The molecule has 19 heavy (non-hydrogen) atoms. The summed E-state index contributed by atoms with van der Waals surface area (Å²) < 4.78 is 0. The summed E-state index contributed by atoms with van der Waals surface area (Å²) in [7, 11) is 0. The first kappa shape index (κ1) is 11.5. The van der Waals surface area contributed by atoms with Gasteiger partial charge in [0.1, 0.15) is 0 Å². The summed E-state index contributed by atoms with van der Waals surface area (Å²) >= 11 is 0. The number of pyridine rings is 3. The van der Waals surface area contributed by atoms with Crippen LogP contribution in [0.5, 0.6) is 0 Å².